The zero-order chi connectivity index (χ0) is 15.9. The van der Waals surface area contributed by atoms with Crippen LogP contribution in [0.5, 0.6) is 0 Å². The lowest BCUT2D eigenvalue weighted by Gasteiger charge is -2.08. The lowest BCUT2D eigenvalue weighted by molar-refractivity contribution is -0.121. The van der Waals surface area contributed by atoms with Crippen molar-refractivity contribution in [3.63, 3.8) is 0 Å². The van der Waals surface area contributed by atoms with Gasteiger partial charge in [0.2, 0.25) is 15.9 Å². The lowest BCUT2D eigenvalue weighted by Crippen LogP contribution is -2.32. The molecule has 1 amide bonds. The van der Waals surface area contributed by atoms with Gasteiger partial charge in [-0.3, -0.25) is 4.79 Å². The summed E-state index contributed by atoms with van der Waals surface area (Å²) in [6, 6.07) is 1.34. The number of pyridine rings is 1. The molecule has 0 aliphatic rings. The summed E-state index contributed by atoms with van der Waals surface area (Å²) in [5.41, 5.74) is 0. The average molecular weight is 401 g/mol. The number of carbonyl (C=O) groups is 1. The second kappa shape index (κ2) is 8.64. The van der Waals surface area contributed by atoms with Crippen molar-refractivity contribution >= 4 is 43.5 Å². The van der Waals surface area contributed by atoms with Gasteiger partial charge in [-0.2, -0.15) is 0 Å². The summed E-state index contributed by atoms with van der Waals surface area (Å²) in [5.74, 6) is -0.270. The van der Waals surface area contributed by atoms with Crippen LogP contribution in [-0.4, -0.2) is 46.1 Å². The molecule has 0 atom stereocenters. The van der Waals surface area contributed by atoms with Crippen LogP contribution >= 0.6 is 27.5 Å². The van der Waals surface area contributed by atoms with E-state index in [1.165, 1.54) is 19.4 Å². The van der Waals surface area contributed by atoms with Crippen LogP contribution in [-0.2, 0) is 19.6 Å². The minimum atomic E-state index is -3.81. The molecule has 0 bridgehead atoms. The van der Waals surface area contributed by atoms with Gasteiger partial charge in [-0.05, 0) is 22.0 Å². The van der Waals surface area contributed by atoms with Crippen molar-refractivity contribution in [1.82, 2.24) is 15.0 Å². The van der Waals surface area contributed by atoms with E-state index in [2.05, 4.69) is 31.0 Å². The summed E-state index contributed by atoms with van der Waals surface area (Å²) >= 11 is 8.89. The second-order valence-electron chi connectivity index (χ2n) is 3.93. The van der Waals surface area contributed by atoms with Gasteiger partial charge < -0.3 is 10.1 Å². The Balaban J connectivity index is 2.54. The summed E-state index contributed by atoms with van der Waals surface area (Å²) in [6.45, 7) is 0.740. The summed E-state index contributed by atoms with van der Waals surface area (Å²) in [5, 5.41) is 2.46. The number of amides is 1. The first-order valence-electron chi connectivity index (χ1n) is 5.93. The molecule has 0 saturated carbocycles. The van der Waals surface area contributed by atoms with E-state index in [1.807, 2.05) is 0 Å². The zero-order valence-electron chi connectivity index (χ0n) is 11.2. The Labute approximate surface area is 136 Å². The topological polar surface area (TPSA) is 97.4 Å². The predicted octanol–water partition coefficient (Wildman–Crippen LogP) is 0.929. The van der Waals surface area contributed by atoms with E-state index < -0.39 is 10.0 Å². The summed E-state index contributed by atoms with van der Waals surface area (Å²) in [7, 11) is -2.29. The maximum Gasteiger partial charge on any atom is 0.243 e. The quantitative estimate of drug-likeness (QED) is 0.500. The Hall–Kier alpha value is -0.740. The van der Waals surface area contributed by atoms with Gasteiger partial charge in [-0.1, -0.05) is 11.6 Å². The summed E-state index contributed by atoms with van der Waals surface area (Å²) < 4.78 is 31.6. The highest BCUT2D eigenvalue weighted by atomic mass is 79.9. The Morgan fingerprint density at radius 1 is 1.48 bits per heavy atom. The van der Waals surface area contributed by atoms with Gasteiger partial charge in [0.05, 0.1) is 6.61 Å². The minimum Gasteiger partial charge on any atom is -0.383 e. The highest BCUT2D eigenvalue weighted by Crippen LogP contribution is 2.22. The van der Waals surface area contributed by atoms with Crippen LogP contribution in [0.2, 0.25) is 5.15 Å². The molecule has 1 heterocycles. The highest BCUT2D eigenvalue weighted by molar-refractivity contribution is 9.10. The number of rotatable bonds is 8. The van der Waals surface area contributed by atoms with Gasteiger partial charge >= 0.3 is 0 Å². The van der Waals surface area contributed by atoms with Crippen LogP contribution in [0.3, 0.4) is 0 Å². The Morgan fingerprint density at radius 2 is 2.19 bits per heavy atom. The third-order valence-electron chi connectivity index (χ3n) is 2.34. The molecule has 118 valence electrons. The third kappa shape index (κ3) is 6.27. The van der Waals surface area contributed by atoms with Crippen molar-refractivity contribution in [3.8, 4) is 0 Å². The van der Waals surface area contributed by atoms with Crippen LogP contribution in [0.1, 0.15) is 6.42 Å². The van der Waals surface area contributed by atoms with Gasteiger partial charge in [0.25, 0.3) is 0 Å². The number of methoxy groups -OCH3 is 1. The number of aromatic nitrogens is 1. The summed E-state index contributed by atoms with van der Waals surface area (Å²) in [6.07, 6.45) is 1.41. The monoisotopic (exact) mass is 399 g/mol. The normalized spacial score (nSPS) is 11.4. The Morgan fingerprint density at radius 3 is 2.86 bits per heavy atom. The number of halogens is 2. The van der Waals surface area contributed by atoms with Crippen molar-refractivity contribution < 1.29 is 17.9 Å². The fourth-order valence-electron chi connectivity index (χ4n) is 1.35. The third-order valence-corrected chi connectivity index (χ3v) is 4.66. The van der Waals surface area contributed by atoms with Crippen molar-refractivity contribution in [2.24, 2.45) is 0 Å². The molecule has 0 unspecified atom stereocenters. The molecule has 2 N–H and O–H groups in total. The molecular formula is C11H15BrClN3O4S. The number of sulfonamides is 1. The maximum atomic E-state index is 12.0. The fourth-order valence-corrected chi connectivity index (χ4v) is 3.32. The Kier molecular flexibility index (Phi) is 7.53. The average Bonchev–Trinajstić information content (AvgIpc) is 2.41. The van der Waals surface area contributed by atoms with E-state index in [4.69, 9.17) is 16.3 Å². The molecule has 10 heteroatoms. The summed E-state index contributed by atoms with van der Waals surface area (Å²) in [4.78, 5) is 15.0. The van der Waals surface area contributed by atoms with E-state index in [1.54, 1.807) is 0 Å². The molecule has 1 rings (SSSR count). The van der Waals surface area contributed by atoms with Gasteiger partial charge in [-0.25, -0.2) is 18.1 Å². The molecule has 0 fully saturated rings. The first-order valence-corrected chi connectivity index (χ1v) is 8.58. The molecule has 0 aromatic carbocycles. The number of carbonyl (C=O) groups excluding carboxylic acids is 1. The molecule has 0 saturated heterocycles. The molecule has 0 radical (unpaired) electrons. The zero-order valence-corrected chi connectivity index (χ0v) is 14.4. The van der Waals surface area contributed by atoms with Crippen LogP contribution in [0, 0.1) is 0 Å². The number of ether oxygens (including phenoxy) is 1. The molecule has 0 aliphatic carbocycles. The van der Waals surface area contributed by atoms with Crippen LogP contribution < -0.4 is 10.0 Å². The van der Waals surface area contributed by atoms with E-state index in [0.29, 0.717) is 17.6 Å². The SMILES string of the molecule is COCCNC(=O)CCNS(=O)(=O)c1cc(Br)cnc1Cl. The fraction of sp³-hybridized carbons (Fsp3) is 0.455. The van der Waals surface area contributed by atoms with Crippen LogP contribution in [0.4, 0.5) is 0 Å². The van der Waals surface area contributed by atoms with Crippen molar-refractivity contribution in [3.05, 3.63) is 21.9 Å². The molecule has 0 spiro atoms. The van der Waals surface area contributed by atoms with Gasteiger partial charge in [0, 0.05) is 37.3 Å². The number of nitrogens with one attached hydrogen (secondary N) is 2. The standard InChI is InChI=1S/C11H15BrClN3O4S/c1-20-5-4-14-10(17)2-3-16-21(18,19)9-6-8(12)7-15-11(9)13/h6-7,16H,2-5H2,1H3,(H,14,17). The van der Waals surface area contributed by atoms with Gasteiger partial charge in [0.1, 0.15) is 10.0 Å². The number of hydrogen-bond acceptors (Lipinski definition) is 5. The van der Waals surface area contributed by atoms with Crippen LogP contribution in [0.25, 0.3) is 0 Å². The van der Waals surface area contributed by atoms with Gasteiger partial charge in [-0.15, -0.1) is 0 Å². The molecule has 1 aromatic heterocycles. The largest absolute Gasteiger partial charge is 0.383 e. The molecule has 1 aromatic rings. The van der Waals surface area contributed by atoms with Crippen molar-refractivity contribution in [1.29, 1.82) is 0 Å². The first kappa shape index (κ1) is 18.3. The number of nitrogens with zero attached hydrogens (tertiary/aromatic N) is 1. The van der Waals surface area contributed by atoms with E-state index in [0.717, 1.165) is 0 Å². The molecular weight excluding hydrogens is 386 g/mol. The minimum absolute atomic E-state index is 0.0159. The second-order valence-corrected chi connectivity index (χ2v) is 6.94. The first-order chi connectivity index (χ1) is 9.86. The van der Waals surface area contributed by atoms with Crippen LogP contribution in [0.15, 0.2) is 21.6 Å². The predicted molar refractivity (Wildman–Crippen MR) is 81.6 cm³/mol. The number of hydrogen-bond donors (Lipinski definition) is 2. The van der Waals surface area contributed by atoms with E-state index in [9.17, 15) is 13.2 Å². The van der Waals surface area contributed by atoms with Crippen molar-refractivity contribution in [2.45, 2.75) is 11.3 Å². The lowest BCUT2D eigenvalue weighted by atomic mass is 10.4. The molecule has 0 aliphatic heterocycles. The van der Waals surface area contributed by atoms with Crippen molar-refractivity contribution in [2.75, 3.05) is 26.8 Å². The highest BCUT2D eigenvalue weighted by Gasteiger charge is 2.19. The molecule has 21 heavy (non-hydrogen) atoms. The van der Waals surface area contributed by atoms with Gasteiger partial charge in [0.15, 0.2) is 0 Å². The Bertz CT molecular complexity index is 597. The molecule has 7 nitrogen and oxygen atoms in total. The van der Waals surface area contributed by atoms with E-state index in [-0.39, 0.29) is 28.9 Å². The van der Waals surface area contributed by atoms with E-state index >= 15 is 0 Å². The maximum absolute atomic E-state index is 12.0. The smallest absolute Gasteiger partial charge is 0.243 e.